The van der Waals surface area contributed by atoms with E-state index in [0.717, 1.165) is 4.57 Å². The first-order valence-electron chi connectivity index (χ1n) is 5.53. The number of hydrogen-bond donors (Lipinski definition) is 1. The van der Waals surface area contributed by atoms with E-state index < -0.39 is 16.9 Å². The Balaban J connectivity index is 3.37. The summed E-state index contributed by atoms with van der Waals surface area (Å²) in [5.74, 6) is -0.194. The van der Waals surface area contributed by atoms with Crippen molar-refractivity contribution in [1.82, 2.24) is 9.13 Å². The van der Waals surface area contributed by atoms with Crippen molar-refractivity contribution in [2.75, 3.05) is 19.5 Å². The van der Waals surface area contributed by atoms with Gasteiger partial charge in [-0.1, -0.05) is 0 Å². The lowest BCUT2D eigenvalue weighted by atomic mass is 10.4. The zero-order chi connectivity index (χ0) is 13.7. The molecule has 0 atom stereocenters. The van der Waals surface area contributed by atoms with Gasteiger partial charge in [-0.25, -0.2) is 4.79 Å². The van der Waals surface area contributed by atoms with Crippen LogP contribution < -0.4 is 17.0 Å². The van der Waals surface area contributed by atoms with Crippen LogP contribution in [0.15, 0.2) is 14.8 Å². The lowest BCUT2D eigenvalue weighted by Gasteiger charge is -2.12. The second-order valence-electron chi connectivity index (χ2n) is 3.66. The molecule has 8 nitrogen and oxygen atoms in total. The molecule has 1 heterocycles. The number of nitrogens with two attached hydrogens (primary N) is 1. The van der Waals surface area contributed by atoms with Crippen molar-refractivity contribution in [3.63, 3.8) is 0 Å². The zero-order valence-corrected chi connectivity index (χ0v) is 10.4. The van der Waals surface area contributed by atoms with Crippen molar-refractivity contribution >= 4 is 11.5 Å². The molecule has 1 rings (SSSR count). The number of ether oxygens (including phenoxy) is 1. The third kappa shape index (κ3) is 2.48. The number of hydrogen-bond acceptors (Lipinski definition) is 6. The lowest BCUT2D eigenvalue weighted by molar-refractivity contribution is 0.190. The van der Waals surface area contributed by atoms with Gasteiger partial charge in [-0.15, -0.1) is 4.91 Å². The highest BCUT2D eigenvalue weighted by Gasteiger charge is 2.16. The maximum Gasteiger partial charge on any atom is 0.332 e. The number of rotatable bonds is 6. The summed E-state index contributed by atoms with van der Waals surface area (Å²) in [6, 6.07) is 0. The summed E-state index contributed by atoms with van der Waals surface area (Å²) in [7, 11) is 1.54. The fourth-order valence-electron chi connectivity index (χ4n) is 1.65. The molecular weight excluding hydrogens is 240 g/mol. The van der Waals surface area contributed by atoms with Crippen molar-refractivity contribution < 1.29 is 4.74 Å². The quantitative estimate of drug-likeness (QED) is 0.571. The Hall–Kier alpha value is -1.96. The van der Waals surface area contributed by atoms with Crippen LogP contribution in [0.25, 0.3) is 0 Å². The van der Waals surface area contributed by atoms with Gasteiger partial charge in [0.15, 0.2) is 0 Å². The summed E-state index contributed by atoms with van der Waals surface area (Å²) in [4.78, 5) is 34.3. The maximum absolute atomic E-state index is 12.0. The summed E-state index contributed by atoms with van der Waals surface area (Å²) in [6.45, 7) is 2.50. The molecule has 0 saturated carbocycles. The average molecular weight is 256 g/mol. The van der Waals surface area contributed by atoms with Crippen molar-refractivity contribution in [1.29, 1.82) is 0 Å². The molecule has 0 radical (unpaired) electrons. The molecule has 18 heavy (non-hydrogen) atoms. The molecule has 1 aromatic rings. The van der Waals surface area contributed by atoms with Crippen molar-refractivity contribution in [2.45, 2.75) is 26.4 Å². The number of aromatic nitrogens is 2. The minimum Gasteiger partial charge on any atom is -0.385 e. The van der Waals surface area contributed by atoms with Gasteiger partial charge in [-0.3, -0.25) is 13.9 Å². The number of nitrogens with zero attached hydrogens (tertiary/aromatic N) is 3. The molecule has 0 saturated heterocycles. The SMILES string of the molecule is CCn1c(=O)c(N=O)c(N)n(CCCOC)c1=O. The summed E-state index contributed by atoms with van der Waals surface area (Å²) < 4.78 is 6.97. The highest BCUT2D eigenvalue weighted by molar-refractivity contribution is 5.55. The van der Waals surface area contributed by atoms with Crippen LogP contribution in [0.1, 0.15) is 13.3 Å². The van der Waals surface area contributed by atoms with E-state index >= 15 is 0 Å². The maximum atomic E-state index is 12.0. The van der Waals surface area contributed by atoms with E-state index in [-0.39, 0.29) is 18.9 Å². The molecule has 0 aliphatic rings. The molecule has 0 spiro atoms. The van der Waals surface area contributed by atoms with Crippen molar-refractivity contribution in [2.24, 2.45) is 5.18 Å². The van der Waals surface area contributed by atoms with Crippen LogP contribution in [-0.2, 0) is 17.8 Å². The highest BCUT2D eigenvalue weighted by atomic mass is 16.5. The van der Waals surface area contributed by atoms with Gasteiger partial charge in [-0.05, 0) is 18.5 Å². The summed E-state index contributed by atoms with van der Waals surface area (Å²) in [6.07, 6.45) is 0.542. The molecule has 0 amide bonds. The molecular formula is C10H16N4O4. The third-order valence-electron chi connectivity index (χ3n) is 2.58. The Morgan fingerprint density at radius 2 is 2.00 bits per heavy atom. The number of methoxy groups -OCH3 is 1. The summed E-state index contributed by atoms with van der Waals surface area (Å²) in [5.41, 5.74) is 3.90. The molecule has 8 heteroatoms. The van der Waals surface area contributed by atoms with E-state index in [4.69, 9.17) is 10.5 Å². The van der Waals surface area contributed by atoms with Crippen LogP contribution in [0.3, 0.4) is 0 Å². The highest BCUT2D eigenvalue weighted by Crippen LogP contribution is 2.14. The van der Waals surface area contributed by atoms with Gasteiger partial charge in [0.25, 0.3) is 5.56 Å². The van der Waals surface area contributed by atoms with Crippen molar-refractivity contribution in [3.05, 3.63) is 25.7 Å². The van der Waals surface area contributed by atoms with Crippen LogP contribution in [0.4, 0.5) is 11.5 Å². The first-order chi connectivity index (χ1) is 8.58. The average Bonchev–Trinajstić information content (AvgIpc) is 2.34. The smallest absolute Gasteiger partial charge is 0.332 e. The van der Waals surface area contributed by atoms with Crippen LogP contribution in [0.2, 0.25) is 0 Å². The minimum atomic E-state index is -0.752. The van der Waals surface area contributed by atoms with Crippen molar-refractivity contribution in [3.8, 4) is 0 Å². The van der Waals surface area contributed by atoms with Crippen LogP contribution in [0.5, 0.6) is 0 Å². The molecule has 1 aromatic heterocycles. The Bertz CT molecular complexity index is 546. The lowest BCUT2D eigenvalue weighted by Crippen LogP contribution is -2.40. The molecule has 0 aliphatic heterocycles. The topological polar surface area (TPSA) is 109 Å². The van der Waals surface area contributed by atoms with Gasteiger partial charge in [-0.2, -0.15) is 0 Å². The Morgan fingerprint density at radius 1 is 1.33 bits per heavy atom. The largest absolute Gasteiger partial charge is 0.385 e. The van der Waals surface area contributed by atoms with E-state index in [1.54, 1.807) is 6.92 Å². The van der Waals surface area contributed by atoms with E-state index in [9.17, 15) is 14.5 Å². The Kier molecular flexibility index (Phi) is 4.78. The van der Waals surface area contributed by atoms with Gasteiger partial charge in [0.2, 0.25) is 5.69 Å². The van der Waals surface area contributed by atoms with E-state index in [0.29, 0.717) is 13.0 Å². The second kappa shape index (κ2) is 6.10. The molecule has 2 N–H and O–H groups in total. The van der Waals surface area contributed by atoms with E-state index in [2.05, 4.69) is 5.18 Å². The molecule has 0 aromatic carbocycles. The predicted molar refractivity (Wildman–Crippen MR) is 67.0 cm³/mol. The Morgan fingerprint density at radius 3 is 2.50 bits per heavy atom. The number of anilines is 1. The van der Waals surface area contributed by atoms with Crippen LogP contribution in [-0.4, -0.2) is 22.9 Å². The van der Waals surface area contributed by atoms with Gasteiger partial charge in [0, 0.05) is 26.8 Å². The van der Waals surface area contributed by atoms with E-state index in [1.807, 2.05) is 0 Å². The van der Waals surface area contributed by atoms with Gasteiger partial charge in [0.1, 0.15) is 5.82 Å². The van der Waals surface area contributed by atoms with Crippen LogP contribution in [0, 0.1) is 4.91 Å². The fraction of sp³-hybridized carbons (Fsp3) is 0.600. The summed E-state index contributed by atoms with van der Waals surface area (Å²) in [5, 5.41) is 2.61. The first kappa shape index (κ1) is 14.1. The van der Waals surface area contributed by atoms with Crippen LogP contribution >= 0.6 is 0 Å². The number of nitrogen functional groups attached to an aromatic ring is 1. The molecule has 100 valence electrons. The van der Waals surface area contributed by atoms with Gasteiger partial charge in [0.05, 0.1) is 0 Å². The molecule has 0 bridgehead atoms. The third-order valence-corrected chi connectivity index (χ3v) is 2.58. The van der Waals surface area contributed by atoms with Gasteiger partial charge < -0.3 is 10.5 Å². The summed E-state index contributed by atoms with van der Waals surface area (Å²) >= 11 is 0. The van der Waals surface area contributed by atoms with E-state index in [1.165, 1.54) is 11.7 Å². The fourth-order valence-corrected chi connectivity index (χ4v) is 1.65. The minimum absolute atomic E-state index is 0.157. The monoisotopic (exact) mass is 256 g/mol. The van der Waals surface area contributed by atoms with Gasteiger partial charge >= 0.3 is 5.69 Å². The standard InChI is InChI=1S/C10H16N4O4/c1-3-13-9(15)7(12-17)8(11)14(10(13)16)5-4-6-18-2/h3-6,11H2,1-2H3. The zero-order valence-electron chi connectivity index (χ0n) is 10.4. The molecule has 0 unspecified atom stereocenters. The molecule has 0 fully saturated rings. The second-order valence-corrected chi connectivity index (χ2v) is 3.66. The first-order valence-corrected chi connectivity index (χ1v) is 5.53. The Labute approximate surface area is 103 Å². The molecule has 0 aliphatic carbocycles. The predicted octanol–water partition coefficient (Wildman–Crippen LogP) is 0.0465. The normalized spacial score (nSPS) is 10.6. The number of nitroso groups, excluding NO2 is 1.